The molecule has 1 unspecified atom stereocenters. The normalized spacial score (nSPS) is 12.6. The highest BCUT2D eigenvalue weighted by Gasteiger charge is 2.11. The number of ketones is 1. The minimum atomic E-state index is -0.119. The average Bonchev–Trinajstić information content (AvgIpc) is 2.03. The summed E-state index contributed by atoms with van der Waals surface area (Å²) in [5.74, 6) is 0.723. The largest absolute Gasteiger partial charge is 0.299 e. The molecule has 0 aliphatic carbocycles. The van der Waals surface area contributed by atoms with Crippen LogP contribution < -0.4 is 0 Å². The first kappa shape index (κ1) is 8.84. The van der Waals surface area contributed by atoms with Gasteiger partial charge in [0.15, 0.2) is 0 Å². The van der Waals surface area contributed by atoms with Gasteiger partial charge in [-0.25, -0.2) is 9.97 Å². The molecule has 3 nitrogen and oxygen atoms in total. The molecule has 3 heteroatoms. The molecule has 1 rings (SSSR count). The zero-order valence-corrected chi connectivity index (χ0v) is 7.53. The second-order valence-corrected chi connectivity index (χ2v) is 2.86. The molecule has 0 radical (unpaired) electrons. The van der Waals surface area contributed by atoms with E-state index in [2.05, 4.69) is 9.97 Å². The predicted molar refractivity (Wildman–Crippen MR) is 45.9 cm³/mol. The Hall–Kier alpha value is -1.25. The Morgan fingerprint density at radius 1 is 1.58 bits per heavy atom. The molecule has 1 aromatic rings. The molecule has 1 aromatic heterocycles. The van der Waals surface area contributed by atoms with Crippen LogP contribution in [0.1, 0.15) is 31.3 Å². The summed E-state index contributed by atoms with van der Waals surface area (Å²) in [5, 5.41) is 0. The van der Waals surface area contributed by atoms with Gasteiger partial charge in [-0.3, -0.25) is 4.79 Å². The number of hydrogen-bond donors (Lipinski definition) is 0. The summed E-state index contributed by atoms with van der Waals surface area (Å²) >= 11 is 0. The van der Waals surface area contributed by atoms with Crippen molar-refractivity contribution in [2.24, 2.45) is 0 Å². The van der Waals surface area contributed by atoms with E-state index in [-0.39, 0.29) is 11.7 Å². The van der Waals surface area contributed by atoms with Gasteiger partial charge in [0.05, 0.1) is 11.6 Å². The van der Waals surface area contributed by atoms with E-state index in [9.17, 15) is 4.79 Å². The third-order valence-corrected chi connectivity index (χ3v) is 1.85. The van der Waals surface area contributed by atoms with Crippen LogP contribution in [0.4, 0.5) is 0 Å². The highest BCUT2D eigenvalue weighted by atomic mass is 16.1. The maximum Gasteiger partial charge on any atom is 0.138 e. The van der Waals surface area contributed by atoms with Crippen molar-refractivity contribution in [3.8, 4) is 0 Å². The van der Waals surface area contributed by atoms with Crippen molar-refractivity contribution in [2.45, 2.75) is 26.7 Å². The molecule has 0 aliphatic rings. The molecule has 0 N–H and O–H groups in total. The van der Waals surface area contributed by atoms with Gasteiger partial charge >= 0.3 is 0 Å². The molecular formula is C9H12N2O. The lowest BCUT2D eigenvalue weighted by Crippen LogP contribution is -2.07. The zero-order valence-electron chi connectivity index (χ0n) is 7.53. The Labute approximate surface area is 71.9 Å². The molecule has 0 fully saturated rings. The Morgan fingerprint density at radius 3 is 2.75 bits per heavy atom. The summed E-state index contributed by atoms with van der Waals surface area (Å²) in [6.07, 6.45) is 1.68. The summed E-state index contributed by atoms with van der Waals surface area (Å²) in [7, 11) is 0. The van der Waals surface area contributed by atoms with Crippen molar-refractivity contribution in [2.75, 3.05) is 0 Å². The summed E-state index contributed by atoms with van der Waals surface area (Å²) < 4.78 is 0. The second kappa shape index (κ2) is 3.43. The van der Waals surface area contributed by atoms with E-state index in [4.69, 9.17) is 0 Å². The van der Waals surface area contributed by atoms with Gasteiger partial charge in [0, 0.05) is 6.20 Å². The fourth-order valence-electron chi connectivity index (χ4n) is 0.924. The van der Waals surface area contributed by atoms with Crippen molar-refractivity contribution in [1.82, 2.24) is 9.97 Å². The summed E-state index contributed by atoms with van der Waals surface area (Å²) in [6.45, 7) is 5.24. The first-order valence-corrected chi connectivity index (χ1v) is 3.91. The van der Waals surface area contributed by atoms with E-state index >= 15 is 0 Å². The standard InChI is InChI=1S/C9H12N2O/c1-6(7(2)12)9-4-5-10-8(3)11-9/h4-6H,1-3H3. The molecule has 0 aromatic carbocycles. The molecule has 1 atom stereocenters. The van der Waals surface area contributed by atoms with E-state index in [1.54, 1.807) is 19.2 Å². The quantitative estimate of drug-likeness (QED) is 0.664. The lowest BCUT2D eigenvalue weighted by Gasteiger charge is -2.05. The van der Waals surface area contributed by atoms with Crippen molar-refractivity contribution < 1.29 is 4.79 Å². The second-order valence-electron chi connectivity index (χ2n) is 2.86. The van der Waals surface area contributed by atoms with E-state index in [0.29, 0.717) is 5.82 Å². The monoisotopic (exact) mass is 164 g/mol. The molecule has 12 heavy (non-hydrogen) atoms. The van der Waals surface area contributed by atoms with E-state index in [0.717, 1.165) is 5.69 Å². The molecule has 1 heterocycles. The molecule has 64 valence electrons. The maximum atomic E-state index is 11.0. The van der Waals surface area contributed by atoms with Gasteiger partial charge in [0.1, 0.15) is 11.6 Å². The number of rotatable bonds is 2. The summed E-state index contributed by atoms with van der Waals surface area (Å²) in [4.78, 5) is 19.1. The highest BCUT2D eigenvalue weighted by molar-refractivity contribution is 5.82. The fourth-order valence-corrected chi connectivity index (χ4v) is 0.924. The van der Waals surface area contributed by atoms with Crippen molar-refractivity contribution in [3.05, 3.63) is 23.8 Å². The van der Waals surface area contributed by atoms with Crippen LogP contribution in [0, 0.1) is 6.92 Å². The highest BCUT2D eigenvalue weighted by Crippen LogP contribution is 2.12. The third kappa shape index (κ3) is 1.87. The van der Waals surface area contributed by atoms with E-state index < -0.39 is 0 Å². The molecule has 0 spiro atoms. The average molecular weight is 164 g/mol. The lowest BCUT2D eigenvalue weighted by atomic mass is 10.0. The smallest absolute Gasteiger partial charge is 0.138 e. The van der Waals surface area contributed by atoms with E-state index in [1.807, 2.05) is 13.8 Å². The minimum absolute atomic E-state index is 0.119. The van der Waals surface area contributed by atoms with Crippen LogP contribution in [0.2, 0.25) is 0 Å². The van der Waals surface area contributed by atoms with Gasteiger partial charge in [0.2, 0.25) is 0 Å². The van der Waals surface area contributed by atoms with E-state index in [1.165, 1.54) is 0 Å². The zero-order chi connectivity index (χ0) is 9.14. The Morgan fingerprint density at radius 2 is 2.25 bits per heavy atom. The lowest BCUT2D eigenvalue weighted by molar-refractivity contribution is -0.118. The molecule has 0 bridgehead atoms. The van der Waals surface area contributed by atoms with Gasteiger partial charge in [-0.2, -0.15) is 0 Å². The first-order chi connectivity index (χ1) is 5.61. The summed E-state index contributed by atoms with van der Waals surface area (Å²) in [6, 6.07) is 1.78. The topological polar surface area (TPSA) is 42.9 Å². The van der Waals surface area contributed by atoms with Gasteiger partial charge in [-0.15, -0.1) is 0 Å². The van der Waals surface area contributed by atoms with Crippen molar-refractivity contribution in [3.63, 3.8) is 0 Å². The van der Waals surface area contributed by atoms with Crippen LogP contribution >= 0.6 is 0 Å². The predicted octanol–water partition coefficient (Wildman–Crippen LogP) is 1.48. The number of carbonyl (C=O) groups excluding carboxylic acids is 1. The van der Waals surface area contributed by atoms with Gasteiger partial charge in [-0.05, 0) is 26.8 Å². The molecule has 0 aliphatic heterocycles. The number of carbonyl (C=O) groups is 1. The van der Waals surface area contributed by atoms with Crippen LogP contribution in [-0.2, 0) is 4.79 Å². The van der Waals surface area contributed by atoms with Crippen LogP contribution in [0.15, 0.2) is 12.3 Å². The van der Waals surface area contributed by atoms with Crippen molar-refractivity contribution >= 4 is 5.78 Å². The Kier molecular flexibility index (Phi) is 2.53. The molecule has 0 amide bonds. The third-order valence-electron chi connectivity index (χ3n) is 1.85. The first-order valence-electron chi connectivity index (χ1n) is 3.91. The van der Waals surface area contributed by atoms with Crippen LogP contribution in [-0.4, -0.2) is 15.8 Å². The number of hydrogen-bond acceptors (Lipinski definition) is 3. The van der Waals surface area contributed by atoms with Gasteiger partial charge in [-0.1, -0.05) is 0 Å². The van der Waals surface area contributed by atoms with Crippen LogP contribution in [0.25, 0.3) is 0 Å². The number of nitrogens with zero attached hydrogens (tertiary/aromatic N) is 2. The Bertz CT molecular complexity index is 296. The molecule has 0 saturated carbocycles. The molecule has 0 saturated heterocycles. The van der Waals surface area contributed by atoms with Gasteiger partial charge in [0.25, 0.3) is 0 Å². The molecular weight excluding hydrogens is 152 g/mol. The van der Waals surface area contributed by atoms with Crippen molar-refractivity contribution in [1.29, 1.82) is 0 Å². The number of Topliss-reactive ketones (excluding diaryl/α,β-unsaturated/α-hetero) is 1. The van der Waals surface area contributed by atoms with Crippen LogP contribution in [0.5, 0.6) is 0 Å². The van der Waals surface area contributed by atoms with Gasteiger partial charge < -0.3 is 0 Å². The minimum Gasteiger partial charge on any atom is -0.299 e. The van der Waals surface area contributed by atoms with Crippen LogP contribution in [0.3, 0.4) is 0 Å². The number of aromatic nitrogens is 2. The SMILES string of the molecule is CC(=O)C(C)c1ccnc(C)n1. The Balaban J connectivity index is 2.95. The fraction of sp³-hybridized carbons (Fsp3) is 0.444. The maximum absolute atomic E-state index is 11.0. The summed E-state index contributed by atoms with van der Waals surface area (Å²) in [5.41, 5.74) is 0.801. The number of aryl methyl sites for hydroxylation is 1.